The quantitative estimate of drug-likeness (QED) is 0.630. The Balaban J connectivity index is 1.76. The molecule has 134 valence electrons. The van der Waals surface area contributed by atoms with Crippen LogP contribution in [0, 0.1) is 13.8 Å². The minimum atomic E-state index is -0.414. The van der Waals surface area contributed by atoms with Crippen molar-refractivity contribution in [1.82, 2.24) is 5.16 Å². The second-order valence-corrected chi connectivity index (χ2v) is 6.57. The average molecular weight is 391 g/mol. The van der Waals surface area contributed by atoms with Crippen LogP contribution in [0.25, 0.3) is 0 Å². The maximum absolute atomic E-state index is 12.5. The summed E-state index contributed by atoms with van der Waals surface area (Å²) < 4.78 is 10.9. The number of carbonyl (C=O) groups excluding carboxylic acids is 1. The Morgan fingerprint density at radius 3 is 2.69 bits per heavy atom. The van der Waals surface area contributed by atoms with E-state index in [4.69, 9.17) is 32.5 Å². The Labute approximate surface area is 160 Å². The Morgan fingerprint density at radius 2 is 1.96 bits per heavy atom. The first-order valence-corrected chi connectivity index (χ1v) is 8.60. The van der Waals surface area contributed by atoms with E-state index in [9.17, 15) is 4.79 Å². The van der Waals surface area contributed by atoms with Gasteiger partial charge in [-0.05, 0) is 49.7 Å². The van der Waals surface area contributed by atoms with Crippen molar-refractivity contribution in [1.29, 1.82) is 0 Å². The number of ether oxygens (including phenoxy) is 1. The van der Waals surface area contributed by atoms with E-state index in [1.165, 1.54) is 0 Å². The maximum Gasteiger partial charge on any atom is 0.278 e. The van der Waals surface area contributed by atoms with Crippen molar-refractivity contribution in [2.45, 2.75) is 20.5 Å². The van der Waals surface area contributed by atoms with E-state index in [-0.39, 0.29) is 12.3 Å². The van der Waals surface area contributed by atoms with Crippen LogP contribution in [0.5, 0.6) is 5.75 Å². The van der Waals surface area contributed by atoms with Crippen molar-refractivity contribution in [2.24, 2.45) is 0 Å². The van der Waals surface area contributed by atoms with Crippen LogP contribution in [0.3, 0.4) is 0 Å². The second kappa shape index (κ2) is 7.81. The molecule has 1 amide bonds. The van der Waals surface area contributed by atoms with Crippen LogP contribution >= 0.6 is 23.2 Å². The number of carbonyl (C=O) groups is 1. The van der Waals surface area contributed by atoms with Crippen LogP contribution in [-0.4, -0.2) is 11.1 Å². The molecule has 3 aromatic rings. The van der Waals surface area contributed by atoms with Gasteiger partial charge < -0.3 is 14.6 Å². The van der Waals surface area contributed by atoms with Crippen LogP contribution in [0.1, 0.15) is 27.4 Å². The predicted octanol–water partition coefficient (Wildman–Crippen LogP) is 5.43. The molecular weight excluding hydrogens is 375 g/mol. The number of hydrogen-bond donors (Lipinski definition) is 1. The summed E-state index contributed by atoms with van der Waals surface area (Å²) in [6.45, 7) is 3.88. The number of benzene rings is 2. The number of anilines is 1. The summed E-state index contributed by atoms with van der Waals surface area (Å²) >= 11 is 11.9. The van der Waals surface area contributed by atoms with Gasteiger partial charge in [0, 0.05) is 5.69 Å². The molecule has 0 bridgehead atoms. The lowest BCUT2D eigenvalue weighted by Crippen LogP contribution is -2.15. The highest BCUT2D eigenvalue weighted by atomic mass is 35.5. The molecule has 0 radical (unpaired) electrons. The van der Waals surface area contributed by atoms with E-state index in [2.05, 4.69) is 10.5 Å². The summed E-state index contributed by atoms with van der Waals surface area (Å²) in [5.74, 6) is 0.821. The molecule has 7 heteroatoms. The molecule has 0 spiro atoms. The number of rotatable bonds is 5. The minimum absolute atomic E-state index is 0.168. The highest BCUT2D eigenvalue weighted by Gasteiger charge is 2.21. The molecular formula is C19H16Cl2N2O3. The molecule has 3 rings (SSSR count). The number of aromatic nitrogens is 1. The van der Waals surface area contributed by atoms with Gasteiger partial charge in [-0.3, -0.25) is 4.79 Å². The molecule has 26 heavy (non-hydrogen) atoms. The van der Waals surface area contributed by atoms with Crippen molar-refractivity contribution in [3.8, 4) is 5.75 Å². The maximum atomic E-state index is 12.5. The van der Waals surface area contributed by atoms with Gasteiger partial charge >= 0.3 is 0 Å². The smallest absolute Gasteiger partial charge is 0.278 e. The fourth-order valence-corrected chi connectivity index (χ4v) is 2.66. The average Bonchev–Trinajstić information content (AvgIpc) is 2.97. The third kappa shape index (κ3) is 4.18. The molecule has 0 saturated carbocycles. The molecule has 5 nitrogen and oxygen atoms in total. The SMILES string of the molecule is Cc1cccc(OCc2c(C(=O)Nc3ccc(Cl)c(Cl)c3)noc2C)c1. The molecule has 1 aromatic heterocycles. The number of hydrogen-bond acceptors (Lipinski definition) is 4. The predicted molar refractivity (Wildman–Crippen MR) is 101 cm³/mol. The van der Waals surface area contributed by atoms with Crippen LogP contribution in [0.15, 0.2) is 47.0 Å². The molecule has 0 aliphatic carbocycles. The van der Waals surface area contributed by atoms with Crippen LogP contribution in [0.2, 0.25) is 10.0 Å². The van der Waals surface area contributed by atoms with Gasteiger partial charge in [-0.25, -0.2) is 0 Å². The van der Waals surface area contributed by atoms with Crippen molar-refractivity contribution in [3.05, 3.63) is 75.1 Å². The third-order valence-electron chi connectivity index (χ3n) is 3.75. The number of halogens is 2. The summed E-state index contributed by atoms with van der Waals surface area (Å²) in [7, 11) is 0. The van der Waals surface area contributed by atoms with Gasteiger partial charge in [0.05, 0.1) is 15.6 Å². The van der Waals surface area contributed by atoms with Gasteiger partial charge in [0.15, 0.2) is 5.69 Å². The van der Waals surface area contributed by atoms with Crippen LogP contribution < -0.4 is 10.1 Å². The fourth-order valence-electron chi connectivity index (χ4n) is 2.36. The highest BCUT2D eigenvalue weighted by molar-refractivity contribution is 6.42. The molecule has 0 atom stereocenters. The zero-order valence-electron chi connectivity index (χ0n) is 14.2. The Bertz CT molecular complexity index is 954. The van der Waals surface area contributed by atoms with E-state index in [1.807, 2.05) is 31.2 Å². The molecule has 1 N–H and O–H groups in total. The van der Waals surface area contributed by atoms with Gasteiger partial charge in [0.25, 0.3) is 5.91 Å². The normalized spacial score (nSPS) is 10.6. The summed E-state index contributed by atoms with van der Waals surface area (Å²) in [5.41, 5.74) is 2.35. The lowest BCUT2D eigenvalue weighted by molar-refractivity contribution is 0.101. The lowest BCUT2D eigenvalue weighted by atomic mass is 10.2. The fraction of sp³-hybridized carbons (Fsp3) is 0.158. The van der Waals surface area contributed by atoms with Gasteiger partial charge in [0.2, 0.25) is 0 Å². The van der Waals surface area contributed by atoms with E-state index in [0.29, 0.717) is 32.8 Å². The van der Waals surface area contributed by atoms with Crippen LogP contribution in [0.4, 0.5) is 5.69 Å². The molecule has 0 fully saturated rings. The standard InChI is InChI=1S/C19H16Cl2N2O3/c1-11-4-3-5-14(8-11)25-10-15-12(2)26-23-18(15)19(24)22-13-6-7-16(20)17(21)9-13/h3-9H,10H2,1-2H3,(H,22,24). The second-order valence-electron chi connectivity index (χ2n) is 5.75. The zero-order valence-corrected chi connectivity index (χ0v) is 15.7. The first kappa shape index (κ1) is 18.3. The van der Waals surface area contributed by atoms with Crippen molar-refractivity contribution in [3.63, 3.8) is 0 Å². The monoisotopic (exact) mass is 390 g/mol. The summed E-state index contributed by atoms with van der Waals surface area (Å²) in [6.07, 6.45) is 0. The lowest BCUT2D eigenvalue weighted by Gasteiger charge is -2.08. The number of nitrogens with zero attached hydrogens (tertiary/aromatic N) is 1. The van der Waals surface area contributed by atoms with Gasteiger partial charge in [0.1, 0.15) is 18.1 Å². The molecule has 2 aromatic carbocycles. The summed E-state index contributed by atoms with van der Waals surface area (Å²) in [5, 5.41) is 7.34. The number of aryl methyl sites for hydroxylation is 2. The Morgan fingerprint density at radius 1 is 1.15 bits per heavy atom. The van der Waals surface area contributed by atoms with Crippen molar-refractivity contribution in [2.75, 3.05) is 5.32 Å². The van der Waals surface area contributed by atoms with E-state index < -0.39 is 5.91 Å². The Kier molecular flexibility index (Phi) is 5.49. The molecule has 0 aliphatic rings. The molecule has 0 aliphatic heterocycles. The largest absolute Gasteiger partial charge is 0.489 e. The first-order valence-electron chi connectivity index (χ1n) is 7.85. The topological polar surface area (TPSA) is 64.4 Å². The van der Waals surface area contributed by atoms with Crippen molar-refractivity contribution < 1.29 is 14.1 Å². The van der Waals surface area contributed by atoms with Crippen molar-refractivity contribution >= 4 is 34.8 Å². The van der Waals surface area contributed by atoms with E-state index >= 15 is 0 Å². The highest BCUT2D eigenvalue weighted by Crippen LogP contribution is 2.26. The summed E-state index contributed by atoms with van der Waals surface area (Å²) in [6, 6.07) is 12.5. The third-order valence-corrected chi connectivity index (χ3v) is 4.49. The molecule has 0 unspecified atom stereocenters. The van der Waals surface area contributed by atoms with Gasteiger partial charge in [-0.2, -0.15) is 0 Å². The van der Waals surface area contributed by atoms with E-state index in [1.54, 1.807) is 25.1 Å². The van der Waals surface area contributed by atoms with Crippen LogP contribution in [-0.2, 0) is 6.61 Å². The molecule has 0 saturated heterocycles. The van der Waals surface area contributed by atoms with Gasteiger partial charge in [-0.1, -0.05) is 40.5 Å². The summed E-state index contributed by atoms with van der Waals surface area (Å²) in [4.78, 5) is 12.5. The molecule has 1 heterocycles. The zero-order chi connectivity index (χ0) is 18.7. The minimum Gasteiger partial charge on any atom is -0.489 e. The number of nitrogens with one attached hydrogen (secondary N) is 1. The Hall–Kier alpha value is -2.50. The first-order chi connectivity index (χ1) is 12.4. The van der Waals surface area contributed by atoms with E-state index in [0.717, 1.165) is 5.56 Å². The number of amides is 1. The van der Waals surface area contributed by atoms with Gasteiger partial charge in [-0.15, -0.1) is 0 Å².